The molecule has 1 aromatic carbocycles. The van der Waals surface area contributed by atoms with Gasteiger partial charge in [0.05, 0.1) is 22.5 Å². The molecule has 18 heavy (non-hydrogen) atoms. The summed E-state index contributed by atoms with van der Waals surface area (Å²) in [6.07, 6.45) is 1.99. The van der Waals surface area contributed by atoms with Gasteiger partial charge in [0.25, 0.3) is 0 Å². The maximum absolute atomic E-state index is 12.3. The Balaban J connectivity index is 2.08. The fourth-order valence-electron chi connectivity index (χ4n) is 2.14. The molecule has 0 aliphatic carbocycles. The van der Waals surface area contributed by atoms with E-state index < -0.39 is 9.84 Å². The van der Waals surface area contributed by atoms with Crippen molar-refractivity contribution >= 4 is 20.9 Å². The van der Waals surface area contributed by atoms with Crippen LogP contribution < -0.4 is 5.32 Å². The molecule has 5 nitrogen and oxygen atoms in total. The van der Waals surface area contributed by atoms with Crippen LogP contribution in [0.15, 0.2) is 35.5 Å². The molecule has 1 aromatic heterocycles. The zero-order chi connectivity index (χ0) is 12.6. The Labute approximate surface area is 105 Å². The highest BCUT2D eigenvalue weighted by atomic mass is 32.2. The number of para-hydroxylation sites is 2. The molecule has 3 rings (SSSR count). The first-order chi connectivity index (χ1) is 8.68. The molecule has 0 saturated carbocycles. The van der Waals surface area contributed by atoms with E-state index in [0.29, 0.717) is 24.0 Å². The summed E-state index contributed by atoms with van der Waals surface area (Å²) >= 11 is 0. The van der Waals surface area contributed by atoms with E-state index in [9.17, 15) is 8.42 Å². The molecule has 2 heterocycles. The van der Waals surface area contributed by atoms with E-state index in [1.165, 1.54) is 6.20 Å². The van der Waals surface area contributed by atoms with Gasteiger partial charge < -0.3 is 5.32 Å². The standard InChI is InChI=1S/C12H13N3O2S/c16-18(17,9-5-6-13-7-9)12-8-14-10-3-1-2-4-11(10)15-12/h1-4,8-9,13H,5-7H2/t9-/m1/s1. The number of sulfone groups is 1. The van der Waals surface area contributed by atoms with Crippen LogP contribution in [0.1, 0.15) is 6.42 Å². The second-order valence-corrected chi connectivity index (χ2v) is 6.53. The Morgan fingerprint density at radius 2 is 2.00 bits per heavy atom. The second-order valence-electron chi connectivity index (χ2n) is 4.36. The van der Waals surface area contributed by atoms with Crippen LogP contribution in [0.25, 0.3) is 11.0 Å². The Morgan fingerprint density at radius 1 is 1.22 bits per heavy atom. The summed E-state index contributed by atoms with van der Waals surface area (Å²) in [6, 6.07) is 7.26. The number of nitrogens with one attached hydrogen (secondary N) is 1. The monoisotopic (exact) mass is 263 g/mol. The van der Waals surface area contributed by atoms with Gasteiger partial charge in [-0.2, -0.15) is 0 Å². The lowest BCUT2D eigenvalue weighted by atomic mass is 10.3. The average Bonchev–Trinajstić information content (AvgIpc) is 2.92. The zero-order valence-electron chi connectivity index (χ0n) is 9.70. The first-order valence-electron chi connectivity index (χ1n) is 5.84. The Morgan fingerprint density at radius 3 is 2.72 bits per heavy atom. The van der Waals surface area contributed by atoms with Gasteiger partial charge in [-0.3, -0.25) is 4.98 Å². The van der Waals surface area contributed by atoms with Crippen molar-refractivity contribution in [2.75, 3.05) is 13.1 Å². The number of hydrogen-bond acceptors (Lipinski definition) is 5. The van der Waals surface area contributed by atoms with Gasteiger partial charge in [0.15, 0.2) is 5.03 Å². The van der Waals surface area contributed by atoms with E-state index >= 15 is 0 Å². The number of fused-ring (bicyclic) bond motifs is 1. The van der Waals surface area contributed by atoms with Gasteiger partial charge in [0.2, 0.25) is 9.84 Å². The molecule has 1 aliphatic rings. The molecule has 0 bridgehead atoms. The third-order valence-corrected chi connectivity index (χ3v) is 5.23. The number of rotatable bonds is 2. The molecule has 2 aromatic rings. The molecular formula is C12H13N3O2S. The van der Waals surface area contributed by atoms with E-state index in [1.807, 2.05) is 18.2 Å². The molecule has 94 valence electrons. The Kier molecular flexibility index (Phi) is 2.76. The summed E-state index contributed by atoms with van der Waals surface area (Å²) in [6.45, 7) is 1.24. The number of benzene rings is 1. The Bertz CT molecular complexity index is 679. The molecule has 0 radical (unpaired) electrons. The highest BCUT2D eigenvalue weighted by Gasteiger charge is 2.31. The van der Waals surface area contributed by atoms with Crippen molar-refractivity contribution in [2.24, 2.45) is 0 Å². The third kappa shape index (κ3) is 1.87. The molecule has 1 saturated heterocycles. The topological polar surface area (TPSA) is 72.0 Å². The minimum Gasteiger partial charge on any atom is -0.315 e. The fourth-order valence-corrected chi connectivity index (χ4v) is 3.67. The molecule has 1 aliphatic heterocycles. The maximum atomic E-state index is 12.3. The highest BCUT2D eigenvalue weighted by molar-refractivity contribution is 7.92. The predicted molar refractivity (Wildman–Crippen MR) is 68.0 cm³/mol. The smallest absolute Gasteiger partial charge is 0.201 e. The molecule has 0 unspecified atom stereocenters. The predicted octanol–water partition coefficient (Wildman–Crippen LogP) is 0.765. The lowest BCUT2D eigenvalue weighted by molar-refractivity contribution is 0.579. The zero-order valence-corrected chi connectivity index (χ0v) is 10.5. The third-order valence-electron chi connectivity index (χ3n) is 3.17. The van der Waals surface area contributed by atoms with E-state index in [4.69, 9.17) is 0 Å². The first-order valence-corrected chi connectivity index (χ1v) is 7.39. The van der Waals surface area contributed by atoms with Crippen molar-refractivity contribution in [1.29, 1.82) is 0 Å². The summed E-state index contributed by atoms with van der Waals surface area (Å²) in [7, 11) is -3.37. The van der Waals surface area contributed by atoms with Crippen LogP contribution in [0, 0.1) is 0 Å². The lowest BCUT2D eigenvalue weighted by Gasteiger charge is -2.09. The van der Waals surface area contributed by atoms with Crippen LogP contribution in [-0.4, -0.2) is 36.7 Å². The van der Waals surface area contributed by atoms with Crippen LogP contribution in [0.4, 0.5) is 0 Å². The molecule has 0 amide bonds. The van der Waals surface area contributed by atoms with Crippen molar-refractivity contribution < 1.29 is 8.42 Å². The van der Waals surface area contributed by atoms with Gasteiger partial charge >= 0.3 is 0 Å². The SMILES string of the molecule is O=S(=O)(c1cnc2ccccc2n1)[C@@H]1CCNC1. The Hall–Kier alpha value is -1.53. The quantitative estimate of drug-likeness (QED) is 0.866. The van der Waals surface area contributed by atoms with Crippen molar-refractivity contribution in [1.82, 2.24) is 15.3 Å². The van der Waals surface area contributed by atoms with Crippen molar-refractivity contribution in [3.8, 4) is 0 Å². The van der Waals surface area contributed by atoms with Gasteiger partial charge in [-0.25, -0.2) is 13.4 Å². The van der Waals surface area contributed by atoms with E-state index in [2.05, 4.69) is 15.3 Å². The minimum atomic E-state index is -3.37. The summed E-state index contributed by atoms with van der Waals surface area (Å²) in [4.78, 5) is 8.37. The lowest BCUT2D eigenvalue weighted by Crippen LogP contribution is -2.24. The molecular weight excluding hydrogens is 250 g/mol. The molecule has 1 N–H and O–H groups in total. The number of aromatic nitrogens is 2. The van der Waals surface area contributed by atoms with Gasteiger partial charge in [0, 0.05) is 6.54 Å². The van der Waals surface area contributed by atoms with Crippen molar-refractivity contribution in [3.05, 3.63) is 30.5 Å². The number of nitrogens with zero attached hydrogens (tertiary/aromatic N) is 2. The molecule has 0 spiro atoms. The molecule has 6 heteroatoms. The van der Waals surface area contributed by atoms with E-state index in [0.717, 1.165) is 6.54 Å². The fraction of sp³-hybridized carbons (Fsp3) is 0.333. The number of hydrogen-bond donors (Lipinski definition) is 1. The highest BCUT2D eigenvalue weighted by Crippen LogP contribution is 2.19. The van der Waals surface area contributed by atoms with Crippen LogP contribution in [0.5, 0.6) is 0 Å². The van der Waals surface area contributed by atoms with Crippen LogP contribution >= 0.6 is 0 Å². The van der Waals surface area contributed by atoms with Crippen LogP contribution in [0.3, 0.4) is 0 Å². The summed E-state index contributed by atoms with van der Waals surface area (Å²) in [5, 5.41) is 2.76. The summed E-state index contributed by atoms with van der Waals surface area (Å²) in [5.41, 5.74) is 1.32. The minimum absolute atomic E-state index is 0.0786. The van der Waals surface area contributed by atoms with Crippen LogP contribution in [-0.2, 0) is 9.84 Å². The summed E-state index contributed by atoms with van der Waals surface area (Å²) < 4.78 is 24.7. The van der Waals surface area contributed by atoms with Crippen LogP contribution in [0.2, 0.25) is 0 Å². The van der Waals surface area contributed by atoms with Gasteiger partial charge in [-0.15, -0.1) is 0 Å². The van der Waals surface area contributed by atoms with Crippen molar-refractivity contribution in [2.45, 2.75) is 16.7 Å². The normalized spacial score (nSPS) is 20.3. The van der Waals surface area contributed by atoms with Gasteiger partial charge in [-0.1, -0.05) is 12.1 Å². The molecule has 1 fully saturated rings. The maximum Gasteiger partial charge on any atom is 0.201 e. The first kappa shape index (κ1) is 11.6. The largest absolute Gasteiger partial charge is 0.315 e. The molecule has 1 atom stereocenters. The van der Waals surface area contributed by atoms with E-state index in [1.54, 1.807) is 6.07 Å². The average molecular weight is 263 g/mol. The van der Waals surface area contributed by atoms with E-state index in [-0.39, 0.29) is 10.3 Å². The van der Waals surface area contributed by atoms with Gasteiger partial charge in [0.1, 0.15) is 0 Å². The second kappa shape index (κ2) is 4.29. The summed E-state index contributed by atoms with van der Waals surface area (Å²) in [5.74, 6) is 0. The van der Waals surface area contributed by atoms with Crippen molar-refractivity contribution in [3.63, 3.8) is 0 Å². The van der Waals surface area contributed by atoms with Gasteiger partial charge in [-0.05, 0) is 25.1 Å².